The number of amides is 2. The molecule has 0 aliphatic carbocycles. The van der Waals surface area contributed by atoms with Crippen molar-refractivity contribution in [3.63, 3.8) is 0 Å². The summed E-state index contributed by atoms with van der Waals surface area (Å²) in [7, 11) is -4.19. The molecule has 0 unspecified atom stereocenters. The molecular formula is C29H33Cl2N3O4S. The van der Waals surface area contributed by atoms with Crippen LogP contribution in [0.15, 0.2) is 77.7 Å². The van der Waals surface area contributed by atoms with Crippen molar-refractivity contribution in [2.75, 3.05) is 10.8 Å². The molecule has 2 atom stereocenters. The first-order valence-electron chi connectivity index (χ1n) is 12.6. The third-order valence-corrected chi connectivity index (χ3v) is 8.75. The molecule has 10 heteroatoms. The summed E-state index contributed by atoms with van der Waals surface area (Å²) in [4.78, 5) is 28.4. The van der Waals surface area contributed by atoms with Gasteiger partial charge in [0.05, 0.1) is 15.6 Å². The molecule has 0 aliphatic rings. The van der Waals surface area contributed by atoms with E-state index in [4.69, 9.17) is 23.2 Å². The van der Waals surface area contributed by atoms with Gasteiger partial charge in [-0.25, -0.2) is 8.42 Å². The number of hydrogen-bond acceptors (Lipinski definition) is 4. The van der Waals surface area contributed by atoms with Crippen LogP contribution in [0, 0.1) is 6.92 Å². The normalized spacial score (nSPS) is 12.9. The lowest BCUT2D eigenvalue weighted by Gasteiger charge is -2.32. The molecule has 0 saturated carbocycles. The van der Waals surface area contributed by atoms with Crippen LogP contribution in [0.1, 0.15) is 38.3 Å². The van der Waals surface area contributed by atoms with Crippen LogP contribution in [0.2, 0.25) is 10.0 Å². The van der Waals surface area contributed by atoms with Crippen molar-refractivity contribution >= 4 is 50.7 Å². The minimum Gasteiger partial charge on any atom is -0.352 e. The lowest BCUT2D eigenvalue weighted by molar-refractivity contribution is -0.139. The average Bonchev–Trinajstić information content (AvgIpc) is 2.90. The number of sulfonamides is 1. The van der Waals surface area contributed by atoms with E-state index >= 15 is 0 Å². The van der Waals surface area contributed by atoms with E-state index in [9.17, 15) is 18.0 Å². The summed E-state index contributed by atoms with van der Waals surface area (Å²) in [5, 5.41) is 3.56. The minimum absolute atomic E-state index is 0.0183. The molecule has 3 aromatic carbocycles. The highest BCUT2D eigenvalue weighted by Crippen LogP contribution is 2.31. The number of halogens is 2. The Morgan fingerprint density at radius 1 is 0.949 bits per heavy atom. The fourth-order valence-electron chi connectivity index (χ4n) is 3.88. The molecule has 2 amide bonds. The first kappa shape index (κ1) is 30.5. The molecule has 0 aliphatic heterocycles. The molecule has 3 aromatic rings. The smallest absolute Gasteiger partial charge is 0.264 e. The van der Waals surface area contributed by atoms with Crippen molar-refractivity contribution < 1.29 is 18.0 Å². The number of benzene rings is 3. The largest absolute Gasteiger partial charge is 0.352 e. The van der Waals surface area contributed by atoms with Crippen molar-refractivity contribution in [3.05, 3.63) is 94.0 Å². The second-order valence-corrected chi connectivity index (χ2v) is 12.1. The fourth-order valence-corrected chi connectivity index (χ4v) is 5.82. The van der Waals surface area contributed by atoms with E-state index in [1.54, 1.807) is 67.6 Å². The predicted octanol–water partition coefficient (Wildman–Crippen LogP) is 5.83. The van der Waals surface area contributed by atoms with Crippen LogP contribution in [0.5, 0.6) is 0 Å². The van der Waals surface area contributed by atoms with Gasteiger partial charge in [-0.15, -0.1) is 0 Å². The Morgan fingerprint density at radius 2 is 1.62 bits per heavy atom. The van der Waals surface area contributed by atoms with Crippen molar-refractivity contribution in [1.82, 2.24) is 10.2 Å². The van der Waals surface area contributed by atoms with Crippen LogP contribution in [0.25, 0.3) is 0 Å². The number of carbonyl (C=O) groups excluding carboxylic acids is 2. The molecule has 208 valence electrons. The maximum absolute atomic E-state index is 13.9. The van der Waals surface area contributed by atoms with E-state index < -0.39 is 28.5 Å². The van der Waals surface area contributed by atoms with E-state index in [-0.39, 0.29) is 34.1 Å². The Bertz CT molecular complexity index is 1410. The number of carbonyl (C=O) groups is 2. The highest BCUT2D eigenvalue weighted by molar-refractivity contribution is 7.92. The summed E-state index contributed by atoms with van der Waals surface area (Å²) in [6.07, 6.45) is 0.718. The van der Waals surface area contributed by atoms with E-state index in [0.717, 1.165) is 16.3 Å². The number of anilines is 1. The van der Waals surface area contributed by atoms with Crippen LogP contribution < -0.4 is 9.62 Å². The van der Waals surface area contributed by atoms with Crippen LogP contribution >= 0.6 is 23.2 Å². The van der Waals surface area contributed by atoms with Gasteiger partial charge in [0, 0.05) is 17.6 Å². The second kappa shape index (κ2) is 13.3. The van der Waals surface area contributed by atoms with E-state index in [1.165, 1.54) is 17.0 Å². The zero-order valence-corrected chi connectivity index (χ0v) is 24.7. The predicted molar refractivity (Wildman–Crippen MR) is 157 cm³/mol. The zero-order valence-electron chi connectivity index (χ0n) is 22.4. The van der Waals surface area contributed by atoms with Gasteiger partial charge in [-0.3, -0.25) is 13.9 Å². The van der Waals surface area contributed by atoms with Gasteiger partial charge in [-0.05, 0) is 69.2 Å². The molecule has 0 fully saturated rings. The van der Waals surface area contributed by atoms with Crippen molar-refractivity contribution in [1.29, 1.82) is 0 Å². The third kappa shape index (κ3) is 7.75. The van der Waals surface area contributed by atoms with Gasteiger partial charge in [-0.1, -0.05) is 72.1 Å². The quantitative estimate of drug-likeness (QED) is 0.305. The summed E-state index contributed by atoms with van der Waals surface area (Å²) in [5.74, 6) is -0.914. The minimum atomic E-state index is -4.19. The Hall–Kier alpha value is -3.07. The Labute approximate surface area is 240 Å². The number of rotatable bonds is 11. The number of nitrogens with one attached hydrogen (secondary N) is 1. The summed E-state index contributed by atoms with van der Waals surface area (Å²) < 4.78 is 28.7. The van der Waals surface area contributed by atoms with Crippen molar-refractivity contribution in [2.24, 2.45) is 0 Å². The maximum Gasteiger partial charge on any atom is 0.264 e. The van der Waals surface area contributed by atoms with Crippen LogP contribution in [0.3, 0.4) is 0 Å². The van der Waals surface area contributed by atoms with Gasteiger partial charge in [0.15, 0.2) is 0 Å². The first-order chi connectivity index (χ1) is 18.4. The zero-order chi connectivity index (χ0) is 28.7. The lowest BCUT2D eigenvalue weighted by atomic mass is 10.1. The van der Waals surface area contributed by atoms with E-state index in [0.29, 0.717) is 10.6 Å². The third-order valence-electron chi connectivity index (χ3n) is 6.42. The number of para-hydroxylation sites is 1. The highest BCUT2D eigenvalue weighted by Gasteiger charge is 2.33. The molecular weight excluding hydrogens is 557 g/mol. The lowest BCUT2D eigenvalue weighted by Crippen LogP contribution is -2.52. The monoisotopic (exact) mass is 589 g/mol. The Balaban J connectivity index is 2.04. The number of nitrogens with zero attached hydrogens (tertiary/aromatic N) is 2. The molecule has 3 rings (SSSR count). The Morgan fingerprint density at radius 3 is 2.23 bits per heavy atom. The van der Waals surface area contributed by atoms with Gasteiger partial charge in [0.2, 0.25) is 11.8 Å². The summed E-state index contributed by atoms with van der Waals surface area (Å²) >= 11 is 12.6. The molecule has 7 nitrogen and oxygen atoms in total. The molecule has 39 heavy (non-hydrogen) atoms. The molecule has 1 N–H and O–H groups in total. The summed E-state index contributed by atoms with van der Waals surface area (Å²) in [5.41, 5.74) is 1.75. The topological polar surface area (TPSA) is 86.8 Å². The van der Waals surface area contributed by atoms with Gasteiger partial charge < -0.3 is 10.2 Å². The van der Waals surface area contributed by atoms with E-state index in [1.807, 2.05) is 20.8 Å². The van der Waals surface area contributed by atoms with Gasteiger partial charge in [0.1, 0.15) is 12.6 Å². The molecule has 0 radical (unpaired) electrons. The van der Waals surface area contributed by atoms with Crippen LogP contribution in [0.4, 0.5) is 5.69 Å². The standard InChI is InChI=1S/C29H33Cl2N3O4S/c1-5-21(3)32-29(36)22(4)33(18-23-9-8-10-24(30)17-23)28(35)19-34(27-12-7-6-11-26(27)31)39(37,38)25-15-13-20(2)14-16-25/h6-17,21-22H,5,18-19H2,1-4H3,(H,32,36)/t21-,22+/m1/s1. The molecule has 0 heterocycles. The molecule has 0 saturated heterocycles. The average molecular weight is 591 g/mol. The fraction of sp³-hybridized carbons (Fsp3) is 0.310. The molecule has 0 bridgehead atoms. The number of aryl methyl sites for hydroxylation is 1. The highest BCUT2D eigenvalue weighted by atomic mass is 35.5. The summed E-state index contributed by atoms with van der Waals surface area (Å²) in [6, 6.07) is 18.8. The van der Waals surface area contributed by atoms with Gasteiger partial charge in [0.25, 0.3) is 10.0 Å². The van der Waals surface area contributed by atoms with Crippen LogP contribution in [-0.2, 0) is 26.2 Å². The number of hydrogen-bond donors (Lipinski definition) is 1. The Kier molecular flexibility index (Phi) is 10.4. The van der Waals surface area contributed by atoms with Gasteiger partial charge >= 0.3 is 0 Å². The second-order valence-electron chi connectivity index (χ2n) is 9.42. The molecule has 0 aromatic heterocycles. The van der Waals surface area contributed by atoms with Crippen molar-refractivity contribution in [2.45, 2.75) is 57.6 Å². The molecule has 0 spiro atoms. The SMILES string of the molecule is CC[C@@H](C)NC(=O)[C@H](C)N(Cc1cccc(Cl)c1)C(=O)CN(c1ccccc1Cl)S(=O)(=O)c1ccc(C)cc1. The van der Waals surface area contributed by atoms with Gasteiger partial charge in [-0.2, -0.15) is 0 Å². The summed E-state index contributed by atoms with van der Waals surface area (Å²) in [6.45, 7) is 6.78. The van der Waals surface area contributed by atoms with Crippen LogP contribution in [-0.4, -0.2) is 43.8 Å². The first-order valence-corrected chi connectivity index (χ1v) is 14.8. The van der Waals surface area contributed by atoms with E-state index in [2.05, 4.69) is 5.32 Å². The van der Waals surface area contributed by atoms with Crippen molar-refractivity contribution in [3.8, 4) is 0 Å². The maximum atomic E-state index is 13.9.